The minimum absolute atomic E-state index is 0.184. The third kappa shape index (κ3) is 3.72. The normalized spacial score (nSPS) is 17.2. The van der Waals surface area contributed by atoms with E-state index in [-0.39, 0.29) is 10.5 Å². The molecule has 0 aliphatic heterocycles. The molecule has 1 aliphatic rings. The first-order valence-electron chi connectivity index (χ1n) is 7.27. The summed E-state index contributed by atoms with van der Waals surface area (Å²) in [6.07, 6.45) is 5.33. The van der Waals surface area contributed by atoms with Gasteiger partial charge in [0.15, 0.2) is 0 Å². The molecule has 0 aromatic carbocycles. The van der Waals surface area contributed by atoms with Gasteiger partial charge in [-0.3, -0.25) is 0 Å². The molecule has 2 rings (SSSR count). The fraction of sp³-hybridized carbons (Fsp3) is 0.643. The second-order valence-corrected chi connectivity index (χ2v) is 7.08. The second kappa shape index (κ2) is 6.72. The first kappa shape index (κ1) is 16.2. The fourth-order valence-corrected chi connectivity index (χ4v) is 3.56. The van der Waals surface area contributed by atoms with Gasteiger partial charge >= 0.3 is 0 Å². The van der Waals surface area contributed by atoms with E-state index in [1.54, 1.807) is 25.4 Å². The van der Waals surface area contributed by atoms with Crippen LogP contribution < -0.4 is 10.0 Å². The van der Waals surface area contributed by atoms with E-state index < -0.39 is 10.0 Å². The molecule has 6 nitrogen and oxygen atoms in total. The number of sulfonamides is 1. The molecule has 1 aromatic heterocycles. The molecule has 0 bridgehead atoms. The summed E-state index contributed by atoms with van der Waals surface area (Å²) in [6, 6.07) is 3.19. The lowest BCUT2D eigenvalue weighted by Gasteiger charge is -2.40. The Bertz CT molecular complexity index is 565. The highest BCUT2D eigenvalue weighted by molar-refractivity contribution is 7.89. The Morgan fingerprint density at radius 1 is 1.43 bits per heavy atom. The molecule has 0 spiro atoms. The monoisotopic (exact) mass is 313 g/mol. The highest BCUT2D eigenvalue weighted by Gasteiger charge is 2.38. The Balaban J connectivity index is 2.12. The molecule has 118 valence electrons. The molecule has 21 heavy (non-hydrogen) atoms. The van der Waals surface area contributed by atoms with Crippen molar-refractivity contribution >= 4 is 15.8 Å². The molecule has 1 fully saturated rings. The van der Waals surface area contributed by atoms with Crippen molar-refractivity contribution in [2.75, 3.05) is 25.5 Å². The SMILES string of the molecule is CCCNc1ncccc1S(=O)(=O)NCC1(OC)CCC1. The number of nitrogens with zero attached hydrogens (tertiary/aromatic N) is 1. The second-order valence-electron chi connectivity index (χ2n) is 5.34. The Kier molecular flexibility index (Phi) is 5.18. The van der Waals surface area contributed by atoms with E-state index in [1.165, 1.54) is 0 Å². The Morgan fingerprint density at radius 3 is 2.76 bits per heavy atom. The van der Waals surface area contributed by atoms with Gasteiger partial charge in [-0.2, -0.15) is 0 Å². The average molecular weight is 313 g/mol. The molecule has 0 atom stereocenters. The molecule has 2 N–H and O–H groups in total. The summed E-state index contributed by atoms with van der Waals surface area (Å²) in [5, 5.41) is 3.05. The largest absolute Gasteiger partial charge is 0.377 e. The van der Waals surface area contributed by atoms with Gasteiger partial charge in [0.05, 0.1) is 5.60 Å². The van der Waals surface area contributed by atoms with Crippen LogP contribution in [-0.4, -0.2) is 39.2 Å². The minimum Gasteiger partial charge on any atom is -0.377 e. The lowest BCUT2D eigenvalue weighted by atomic mass is 9.80. The molecule has 0 amide bonds. The van der Waals surface area contributed by atoms with Crippen molar-refractivity contribution < 1.29 is 13.2 Å². The number of rotatable bonds is 8. The van der Waals surface area contributed by atoms with Gasteiger partial charge in [-0.05, 0) is 37.8 Å². The minimum atomic E-state index is -3.60. The predicted octanol–water partition coefficient (Wildman–Crippen LogP) is 1.75. The number of hydrogen-bond acceptors (Lipinski definition) is 5. The fourth-order valence-electron chi connectivity index (χ4n) is 2.31. The average Bonchev–Trinajstić information content (AvgIpc) is 2.44. The molecule has 1 saturated carbocycles. The van der Waals surface area contributed by atoms with Crippen LogP contribution in [-0.2, 0) is 14.8 Å². The maximum Gasteiger partial charge on any atom is 0.244 e. The Hall–Kier alpha value is -1.18. The summed E-state index contributed by atoms with van der Waals surface area (Å²) >= 11 is 0. The van der Waals surface area contributed by atoms with E-state index in [1.807, 2.05) is 6.92 Å². The van der Waals surface area contributed by atoms with E-state index in [2.05, 4.69) is 15.0 Å². The van der Waals surface area contributed by atoms with Crippen molar-refractivity contribution in [2.45, 2.75) is 43.1 Å². The highest BCUT2D eigenvalue weighted by atomic mass is 32.2. The van der Waals surface area contributed by atoms with Gasteiger partial charge in [0, 0.05) is 26.4 Å². The van der Waals surface area contributed by atoms with E-state index in [9.17, 15) is 8.42 Å². The third-order valence-corrected chi connectivity index (χ3v) is 5.32. The molecular formula is C14H23N3O3S. The third-order valence-electron chi connectivity index (χ3n) is 3.88. The van der Waals surface area contributed by atoms with Crippen molar-refractivity contribution in [1.29, 1.82) is 0 Å². The van der Waals surface area contributed by atoms with Crippen LogP contribution in [0.3, 0.4) is 0 Å². The van der Waals surface area contributed by atoms with Crippen molar-refractivity contribution in [1.82, 2.24) is 9.71 Å². The molecular weight excluding hydrogens is 290 g/mol. The Labute approximate surface area is 126 Å². The lowest BCUT2D eigenvalue weighted by Crippen LogP contribution is -2.49. The van der Waals surface area contributed by atoms with Crippen molar-refractivity contribution in [3.05, 3.63) is 18.3 Å². The number of ether oxygens (including phenoxy) is 1. The predicted molar refractivity (Wildman–Crippen MR) is 81.8 cm³/mol. The van der Waals surface area contributed by atoms with Crippen LogP contribution in [0.2, 0.25) is 0 Å². The molecule has 0 radical (unpaired) electrons. The van der Waals surface area contributed by atoms with Gasteiger partial charge < -0.3 is 10.1 Å². The van der Waals surface area contributed by atoms with Crippen molar-refractivity contribution in [3.63, 3.8) is 0 Å². The zero-order valence-corrected chi connectivity index (χ0v) is 13.4. The molecule has 0 saturated heterocycles. The summed E-state index contributed by atoms with van der Waals surface area (Å²) < 4.78 is 33.0. The first-order chi connectivity index (χ1) is 10.0. The smallest absolute Gasteiger partial charge is 0.244 e. The summed E-state index contributed by atoms with van der Waals surface area (Å²) in [5.74, 6) is 0.395. The number of nitrogens with one attached hydrogen (secondary N) is 2. The maximum atomic E-state index is 12.5. The standard InChI is InChI=1S/C14H23N3O3S/c1-3-9-15-13-12(6-4-10-16-13)21(18,19)17-11-14(20-2)7-5-8-14/h4,6,10,17H,3,5,7-9,11H2,1-2H3,(H,15,16). The van der Waals surface area contributed by atoms with Gasteiger partial charge in [-0.15, -0.1) is 0 Å². The first-order valence-corrected chi connectivity index (χ1v) is 8.75. The quantitative estimate of drug-likeness (QED) is 0.764. The van der Waals surface area contributed by atoms with Crippen LogP contribution in [0, 0.1) is 0 Å². The van der Waals surface area contributed by atoms with E-state index in [0.29, 0.717) is 18.9 Å². The molecule has 1 aromatic rings. The van der Waals surface area contributed by atoms with E-state index >= 15 is 0 Å². The van der Waals surface area contributed by atoms with Crippen LogP contribution in [0.5, 0.6) is 0 Å². The Morgan fingerprint density at radius 2 is 2.19 bits per heavy atom. The number of aromatic nitrogens is 1. The molecule has 0 unspecified atom stereocenters. The zero-order chi connectivity index (χ0) is 15.3. The summed E-state index contributed by atoms with van der Waals surface area (Å²) in [5.41, 5.74) is -0.341. The number of anilines is 1. The van der Waals surface area contributed by atoms with Gasteiger partial charge in [0.1, 0.15) is 10.7 Å². The zero-order valence-electron chi connectivity index (χ0n) is 12.6. The van der Waals surface area contributed by atoms with Crippen LogP contribution in [0.25, 0.3) is 0 Å². The van der Waals surface area contributed by atoms with Crippen LogP contribution in [0.4, 0.5) is 5.82 Å². The number of pyridine rings is 1. The van der Waals surface area contributed by atoms with Gasteiger partial charge in [0.25, 0.3) is 0 Å². The van der Waals surface area contributed by atoms with E-state index in [0.717, 1.165) is 25.7 Å². The van der Waals surface area contributed by atoms with Gasteiger partial charge in [0.2, 0.25) is 10.0 Å². The number of methoxy groups -OCH3 is 1. The van der Waals surface area contributed by atoms with E-state index in [4.69, 9.17) is 4.74 Å². The van der Waals surface area contributed by atoms with Gasteiger partial charge in [-0.1, -0.05) is 6.92 Å². The van der Waals surface area contributed by atoms with Crippen LogP contribution in [0.15, 0.2) is 23.2 Å². The molecule has 1 heterocycles. The number of hydrogen-bond donors (Lipinski definition) is 2. The van der Waals surface area contributed by atoms with Gasteiger partial charge in [-0.25, -0.2) is 18.1 Å². The van der Waals surface area contributed by atoms with Crippen LogP contribution >= 0.6 is 0 Å². The lowest BCUT2D eigenvalue weighted by molar-refractivity contribution is -0.0659. The summed E-state index contributed by atoms with van der Waals surface area (Å²) in [4.78, 5) is 4.30. The van der Waals surface area contributed by atoms with Crippen molar-refractivity contribution in [3.8, 4) is 0 Å². The van der Waals surface area contributed by atoms with Crippen molar-refractivity contribution in [2.24, 2.45) is 0 Å². The molecule has 7 heteroatoms. The topological polar surface area (TPSA) is 80.3 Å². The molecule has 1 aliphatic carbocycles. The summed E-state index contributed by atoms with van der Waals surface area (Å²) in [6.45, 7) is 3.00. The highest BCUT2D eigenvalue weighted by Crippen LogP contribution is 2.34. The van der Waals surface area contributed by atoms with Crippen LogP contribution in [0.1, 0.15) is 32.6 Å². The maximum absolute atomic E-state index is 12.5. The summed E-state index contributed by atoms with van der Waals surface area (Å²) in [7, 11) is -1.97.